The largest absolute Gasteiger partial charge is 0.311 e. The molecule has 1 aliphatic rings. The van der Waals surface area contributed by atoms with Crippen LogP contribution in [0, 0.1) is 5.82 Å². The highest BCUT2D eigenvalue weighted by atomic mass is 35.5. The lowest BCUT2D eigenvalue weighted by Gasteiger charge is -2.12. The van der Waals surface area contributed by atoms with E-state index in [2.05, 4.69) is 11.4 Å². The number of allylic oxidation sites excluding steroid dienone is 1. The number of hydrogen-bond donors (Lipinski definition) is 1. The molecule has 0 saturated carbocycles. The van der Waals surface area contributed by atoms with Crippen molar-refractivity contribution in [3.63, 3.8) is 0 Å². The van der Waals surface area contributed by atoms with E-state index in [0.29, 0.717) is 18.1 Å². The van der Waals surface area contributed by atoms with Crippen LogP contribution in [0.3, 0.4) is 0 Å². The topological polar surface area (TPSA) is 42.7 Å². The van der Waals surface area contributed by atoms with Crippen LogP contribution in [0.25, 0.3) is 11.3 Å². The van der Waals surface area contributed by atoms with Crippen LogP contribution in [0.15, 0.2) is 60.2 Å². The van der Waals surface area contributed by atoms with Crippen molar-refractivity contribution in [3.8, 4) is 11.3 Å². The number of nitrogens with zero attached hydrogens (tertiary/aromatic N) is 3. The van der Waals surface area contributed by atoms with E-state index in [0.717, 1.165) is 35.5 Å². The lowest BCUT2D eigenvalue weighted by Crippen LogP contribution is -2.17. The predicted octanol–water partition coefficient (Wildman–Crippen LogP) is 5.77. The fourth-order valence-corrected chi connectivity index (χ4v) is 4.01. The summed E-state index contributed by atoms with van der Waals surface area (Å²) in [6.45, 7) is 1.97. The third kappa shape index (κ3) is 5.35. The van der Waals surface area contributed by atoms with E-state index in [-0.39, 0.29) is 5.82 Å². The third-order valence-corrected chi connectivity index (χ3v) is 5.75. The standard InChI is InChI=1S/C24H26ClFN4/c25-22-15-21(26)12-11-20(22)17-30-28-23(24(29-30)19-9-5-2-6-10-19)16-27-14-13-18-7-3-1-4-8-18/h2,5-7,9-12,15,27H,1,3-4,8,13-14,16-17H2. The van der Waals surface area contributed by atoms with Gasteiger partial charge in [-0.1, -0.05) is 59.6 Å². The lowest BCUT2D eigenvalue weighted by molar-refractivity contribution is 0.572. The van der Waals surface area contributed by atoms with Gasteiger partial charge in [0.1, 0.15) is 17.2 Å². The second kappa shape index (κ2) is 10.0. The first-order valence-corrected chi connectivity index (χ1v) is 10.9. The van der Waals surface area contributed by atoms with Gasteiger partial charge in [0.2, 0.25) is 0 Å². The van der Waals surface area contributed by atoms with E-state index in [1.54, 1.807) is 16.4 Å². The van der Waals surface area contributed by atoms with E-state index in [1.165, 1.54) is 37.8 Å². The number of halogens is 2. The summed E-state index contributed by atoms with van der Waals surface area (Å²) >= 11 is 6.19. The van der Waals surface area contributed by atoms with Crippen molar-refractivity contribution in [2.75, 3.05) is 6.54 Å². The van der Waals surface area contributed by atoms with Crippen molar-refractivity contribution < 1.29 is 4.39 Å². The fourth-order valence-electron chi connectivity index (χ4n) is 3.78. The van der Waals surface area contributed by atoms with Gasteiger partial charge in [-0.3, -0.25) is 0 Å². The molecule has 30 heavy (non-hydrogen) atoms. The Balaban J connectivity index is 1.48. The number of nitrogens with one attached hydrogen (secondary N) is 1. The SMILES string of the molecule is Fc1ccc(Cn2nc(CNCCC3=CCCCC3)c(-c3ccccc3)n2)c(Cl)c1. The first kappa shape index (κ1) is 20.8. The van der Waals surface area contributed by atoms with Gasteiger partial charge in [-0.25, -0.2) is 4.39 Å². The van der Waals surface area contributed by atoms with Crippen LogP contribution in [0.5, 0.6) is 0 Å². The molecule has 0 spiro atoms. The molecule has 1 aromatic heterocycles. The molecule has 1 aliphatic carbocycles. The van der Waals surface area contributed by atoms with Crippen molar-refractivity contribution in [2.45, 2.75) is 45.2 Å². The number of hydrogen-bond acceptors (Lipinski definition) is 3. The Bertz CT molecular complexity index is 1010. The number of rotatable bonds is 8. The van der Waals surface area contributed by atoms with Gasteiger partial charge in [0.15, 0.2) is 0 Å². The number of aromatic nitrogens is 3. The van der Waals surface area contributed by atoms with E-state index < -0.39 is 0 Å². The zero-order valence-corrected chi connectivity index (χ0v) is 17.7. The highest BCUT2D eigenvalue weighted by Crippen LogP contribution is 2.23. The van der Waals surface area contributed by atoms with Crippen LogP contribution in [-0.2, 0) is 13.1 Å². The minimum atomic E-state index is -0.347. The van der Waals surface area contributed by atoms with Crippen LogP contribution >= 0.6 is 11.6 Å². The predicted molar refractivity (Wildman–Crippen MR) is 119 cm³/mol. The van der Waals surface area contributed by atoms with Gasteiger partial charge in [0.05, 0.1) is 6.54 Å². The lowest BCUT2D eigenvalue weighted by atomic mass is 9.97. The van der Waals surface area contributed by atoms with Crippen LogP contribution in [0.4, 0.5) is 4.39 Å². The Morgan fingerprint density at radius 3 is 2.70 bits per heavy atom. The molecule has 0 radical (unpaired) electrons. The quantitative estimate of drug-likeness (QED) is 0.369. The molecule has 2 aromatic carbocycles. The Labute approximate surface area is 181 Å². The first-order chi connectivity index (χ1) is 14.7. The molecule has 156 valence electrons. The third-order valence-electron chi connectivity index (χ3n) is 5.40. The van der Waals surface area contributed by atoms with E-state index >= 15 is 0 Å². The zero-order valence-electron chi connectivity index (χ0n) is 17.0. The fraction of sp³-hybridized carbons (Fsp3) is 0.333. The number of benzene rings is 2. The Morgan fingerprint density at radius 1 is 1.07 bits per heavy atom. The first-order valence-electron chi connectivity index (χ1n) is 10.5. The maximum atomic E-state index is 13.3. The molecular formula is C24H26ClFN4. The molecule has 0 aliphatic heterocycles. The molecule has 3 aromatic rings. The highest BCUT2D eigenvalue weighted by molar-refractivity contribution is 6.31. The van der Waals surface area contributed by atoms with E-state index in [4.69, 9.17) is 21.8 Å². The minimum Gasteiger partial charge on any atom is -0.311 e. The monoisotopic (exact) mass is 424 g/mol. The summed E-state index contributed by atoms with van der Waals surface area (Å²) in [6.07, 6.45) is 8.55. The molecule has 0 amide bonds. The molecule has 6 heteroatoms. The molecule has 1 N–H and O–H groups in total. The van der Waals surface area contributed by atoms with Crippen molar-refractivity contribution in [1.29, 1.82) is 0 Å². The highest BCUT2D eigenvalue weighted by Gasteiger charge is 2.14. The van der Waals surface area contributed by atoms with Crippen molar-refractivity contribution in [3.05, 3.63) is 82.3 Å². The summed E-state index contributed by atoms with van der Waals surface area (Å²) in [7, 11) is 0. The van der Waals surface area contributed by atoms with Crippen LogP contribution in [-0.4, -0.2) is 21.5 Å². The van der Waals surface area contributed by atoms with Gasteiger partial charge in [0, 0.05) is 17.1 Å². The van der Waals surface area contributed by atoms with Crippen LogP contribution in [0.1, 0.15) is 43.4 Å². The molecular weight excluding hydrogens is 399 g/mol. The van der Waals surface area contributed by atoms with Crippen molar-refractivity contribution >= 4 is 11.6 Å². The molecule has 0 unspecified atom stereocenters. The Morgan fingerprint density at radius 2 is 1.93 bits per heavy atom. The molecule has 0 saturated heterocycles. The van der Waals surface area contributed by atoms with Gasteiger partial charge < -0.3 is 5.32 Å². The molecule has 4 rings (SSSR count). The average Bonchev–Trinajstić information content (AvgIpc) is 3.17. The summed E-state index contributed by atoms with van der Waals surface area (Å²) in [5, 5.41) is 13.3. The van der Waals surface area contributed by atoms with Gasteiger partial charge in [-0.05, 0) is 56.3 Å². The average molecular weight is 425 g/mol. The summed E-state index contributed by atoms with van der Waals surface area (Å²) < 4.78 is 13.3. The van der Waals surface area contributed by atoms with Crippen molar-refractivity contribution in [1.82, 2.24) is 20.3 Å². The maximum absolute atomic E-state index is 13.3. The van der Waals surface area contributed by atoms with Crippen LogP contribution < -0.4 is 5.32 Å². The van der Waals surface area contributed by atoms with Gasteiger partial charge >= 0.3 is 0 Å². The van der Waals surface area contributed by atoms with Gasteiger partial charge in [-0.15, -0.1) is 0 Å². The molecule has 0 atom stereocenters. The second-order valence-electron chi connectivity index (χ2n) is 7.66. The van der Waals surface area contributed by atoms with Gasteiger partial charge in [0.25, 0.3) is 0 Å². The summed E-state index contributed by atoms with van der Waals surface area (Å²) in [5.74, 6) is -0.347. The smallest absolute Gasteiger partial charge is 0.124 e. The Kier molecular flexibility index (Phi) is 6.92. The second-order valence-corrected chi connectivity index (χ2v) is 8.07. The zero-order chi connectivity index (χ0) is 20.8. The van der Waals surface area contributed by atoms with Gasteiger partial charge in [-0.2, -0.15) is 15.0 Å². The minimum absolute atomic E-state index is 0.347. The maximum Gasteiger partial charge on any atom is 0.124 e. The van der Waals surface area contributed by atoms with E-state index in [9.17, 15) is 4.39 Å². The van der Waals surface area contributed by atoms with E-state index in [1.807, 2.05) is 30.3 Å². The summed E-state index contributed by atoms with van der Waals surface area (Å²) in [6, 6.07) is 14.5. The summed E-state index contributed by atoms with van der Waals surface area (Å²) in [5.41, 5.74) is 5.14. The molecule has 0 bridgehead atoms. The Hall–Kier alpha value is -2.50. The molecule has 4 nitrogen and oxygen atoms in total. The van der Waals surface area contributed by atoms with Crippen molar-refractivity contribution in [2.24, 2.45) is 0 Å². The normalized spacial score (nSPS) is 14.0. The molecule has 0 fully saturated rings. The van der Waals surface area contributed by atoms with Crippen LogP contribution in [0.2, 0.25) is 5.02 Å². The summed E-state index contributed by atoms with van der Waals surface area (Å²) in [4.78, 5) is 1.64. The molecule has 1 heterocycles.